The summed E-state index contributed by atoms with van der Waals surface area (Å²) in [5.74, 6) is 0.0521. The number of fused-ring (bicyclic) bond motifs is 1. The van der Waals surface area contributed by atoms with E-state index in [4.69, 9.17) is 4.74 Å². The van der Waals surface area contributed by atoms with E-state index in [0.717, 1.165) is 5.56 Å². The Balaban J connectivity index is 1.99. The van der Waals surface area contributed by atoms with Gasteiger partial charge >= 0.3 is 0 Å². The highest BCUT2D eigenvalue weighted by molar-refractivity contribution is 5.90. The van der Waals surface area contributed by atoms with Gasteiger partial charge in [-0.2, -0.15) is 0 Å². The lowest BCUT2D eigenvalue weighted by Crippen LogP contribution is -2.18. The first-order chi connectivity index (χ1) is 11.1. The van der Waals surface area contributed by atoms with E-state index in [0.29, 0.717) is 23.3 Å². The summed E-state index contributed by atoms with van der Waals surface area (Å²) in [5, 5.41) is 0.690. The minimum absolute atomic E-state index is 0.142. The lowest BCUT2D eigenvalue weighted by atomic mass is 10.2. The molecule has 4 nitrogen and oxygen atoms in total. The fraction of sp³-hybridized carbons (Fsp3) is 0.176. The molecule has 0 amide bonds. The lowest BCUT2D eigenvalue weighted by molar-refractivity contribution is 0.387. The molecule has 0 atom stereocenters. The maximum absolute atomic E-state index is 13.8. The summed E-state index contributed by atoms with van der Waals surface area (Å²) >= 11 is 0. The smallest absolute Gasteiger partial charge is 0.167 e. The molecule has 0 unspecified atom stereocenters. The Bertz CT molecular complexity index is 837. The van der Waals surface area contributed by atoms with Crippen LogP contribution in [0.15, 0.2) is 42.7 Å². The molecule has 0 bridgehead atoms. The molecule has 2 aromatic carbocycles. The molecule has 0 saturated carbocycles. The van der Waals surface area contributed by atoms with Gasteiger partial charge in [0.1, 0.15) is 18.0 Å². The first-order valence-electron chi connectivity index (χ1n) is 7.02. The first-order valence-corrected chi connectivity index (χ1v) is 7.02. The quantitative estimate of drug-likeness (QED) is 0.738. The number of hydrogen-bond donors (Lipinski definition) is 0. The van der Waals surface area contributed by atoms with Crippen LogP contribution in [0.4, 0.5) is 14.6 Å². The number of benzene rings is 2. The zero-order chi connectivity index (χ0) is 16.4. The molecule has 0 aliphatic heterocycles. The summed E-state index contributed by atoms with van der Waals surface area (Å²) in [6.45, 7) is 0.534. The minimum atomic E-state index is -0.467. The maximum Gasteiger partial charge on any atom is 0.167 e. The number of anilines is 1. The summed E-state index contributed by atoms with van der Waals surface area (Å²) < 4.78 is 31.8. The fourth-order valence-electron chi connectivity index (χ4n) is 2.44. The van der Waals surface area contributed by atoms with Crippen molar-refractivity contribution in [1.82, 2.24) is 9.97 Å². The summed E-state index contributed by atoms with van der Waals surface area (Å²) in [5.41, 5.74) is 1.44. The van der Waals surface area contributed by atoms with Gasteiger partial charge in [0.2, 0.25) is 0 Å². The average Bonchev–Trinajstić information content (AvgIpc) is 2.55. The van der Waals surface area contributed by atoms with Crippen molar-refractivity contribution < 1.29 is 13.5 Å². The summed E-state index contributed by atoms with van der Waals surface area (Å²) in [6, 6.07) is 9.18. The van der Waals surface area contributed by atoms with Crippen LogP contribution in [0, 0.1) is 11.6 Å². The van der Waals surface area contributed by atoms with Crippen molar-refractivity contribution in [3.05, 3.63) is 59.9 Å². The number of hydrogen-bond acceptors (Lipinski definition) is 4. The number of methoxy groups -OCH3 is 1. The maximum atomic E-state index is 13.8. The molecule has 118 valence electrons. The molecule has 3 aromatic rings. The van der Waals surface area contributed by atoms with Crippen molar-refractivity contribution >= 4 is 16.7 Å². The van der Waals surface area contributed by atoms with Crippen molar-refractivity contribution in [2.24, 2.45) is 0 Å². The van der Waals surface area contributed by atoms with Crippen LogP contribution in [-0.4, -0.2) is 24.1 Å². The Kier molecular flexibility index (Phi) is 4.06. The van der Waals surface area contributed by atoms with Crippen molar-refractivity contribution in [2.45, 2.75) is 6.54 Å². The van der Waals surface area contributed by atoms with E-state index >= 15 is 0 Å². The lowest BCUT2D eigenvalue weighted by Gasteiger charge is -2.20. The Morgan fingerprint density at radius 2 is 1.83 bits per heavy atom. The van der Waals surface area contributed by atoms with Crippen LogP contribution < -0.4 is 9.64 Å². The average molecular weight is 315 g/mol. The predicted octanol–water partition coefficient (Wildman–Crippen LogP) is 3.55. The Labute approximate surface area is 132 Å². The highest BCUT2D eigenvalue weighted by atomic mass is 19.1. The van der Waals surface area contributed by atoms with Gasteiger partial charge in [-0.25, -0.2) is 18.7 Å². The van der Waals surface area contributed by atoms with Crippen LogP contribution in [0.25, 0.3) is 10.9 Å². The van der Waals surface area contributed by atoms with Gasteiger partial charge in [-0.1, -0.05) is 12.1 Å². The number of ether oxygens (including phenoxy) is 1. The normalized spacial score (nSPS) is 10.8. The van der Waals surface area contributed by atoms with Gasteiger partial charge in [0.05, 0.1) is 12.6 Å². The van der Waals surface area contributed by atoms with Gasteiger partial charge < -0.3 is 9.64 Å². The van der Waals surface area contributed by atoms with Crippen LogP contribution in [0.5, 0.6) is 5.75 Å². The molecule has 0 aliphatic carbocycles. The third-order valence-electron chi connectivity index (χ3n) is 3.58. The molecule has 0 spiro atoms. The van der Waals surface area contributed by atoms with E-state index in [1.165, 1.54) is 31.6 Å². The molecule has 0 fully saturated rings. The number of rotatable bonds is 4. The van der Waals surface area contributed by atoms with E-state index in [2.05, 4.69) is 9.97 Å². The molecule has 0 aliphatic rings. The van der Waals surface area contributed by atoms with Gasteiger partial charge in [0.25, 0.3) is 0 Å². The van der Waals surface area contributed by atoms with E-state index in [9.17, 15) is 8.78 Å². The Morgan fingerprint density at radius 1 is 1.09 bits per heavy atom. The van der Waals surface area contributed by atoms with Crippen LogP contribution in [0.1, 0.15) is 5.56 Å². The third kappa shape index (κ3) is 3.06. The standard InChI is InChI=1S/C17H15F2N3O/c1-22(9-11-3-5-12(18)6-4-11)17-13-7-16(23-2)14(19)8-15(13)20-10-21-17/h3-8,10H,9H2,1-2H3. The van der Waals surface area contributed by atoms with Gasteiger partial charge in [-0.15, -0.1) is 0 Å². The van der Waals surface area contributed by atoms with Gasteiger partial charge in [-0.3, -0.25) is 0 Å². The summed E-state index contributed by atoms with van der Waals surface area (Å²) in [4.78, 5) is 10.3. The molecule has 0 radical (unpaired) electrons. The van der Waals surface area contributed by atoms with E-state index in [1.54, 1.807) is 18.2 Å². The zero-order valence-corrected chi connectivity index (χ0v) is 12.8. The highest BCUT2D eigenvalue weighted by Crippen LogP contribution is 2.29. The van der Waals surface area contributed by atoms with Crippen molar-refractivity contribution in [2.75, 3.05) is 19.1 Å². The number of halogens is 2. The fourth-order valence-corrected chi connectivity index (χ4v) is 2.44. The molecular weight excluding hydrogens is 300 g/mol. The van der Waals surface area contributed by atoms with Crippen LogP contribution in [-0.2, 0) is 6.54 Å². The number of nitrogens with zero attached hydrogens (tertiary/aromatic N) is 3. The molecule has 23 heavy (non-hydrogen) atoms. The molecule has 0 saturated heterocycles. The van der Waals surface area contributed by atoms with E-state index in [-0.39, 0.29) is 11.6 Å². The topological polar surface area (TPSA) is 38.2 Å². The second-order valence-corrected chi connectivity index (χ2v) is 5.18. The zero-order valence-electron chi connectivity index (χ0n) is 12.8. The molecule has 1 heterocycles. The van der Waals surface area contributed by atoms with E-state index < -0.39 is 5.82 Å². The van der Waals surface area contributed by atoms with Gasteiger partial charge in [0, 0.05) is 25.0 Å². The van der Waals surface area contributed by atoms with Crippen LogP contribution >= 0.6 is 0 Å². The van der Waals surface area contributed by atoms with E-state index in [1.807, 2.05) is 11.9 Å². The second kappa shape index (κ2) is 6.16. The molecule has 1 aromatic heterocycles. The van der Waals surface area contributed by atoms with Crippen molar-refractivity contribution in [1.29, 1.82) is 0 Å². The molecule has 6 heteroatoms. The Morgan fingerprint density at radius 3 is 2.52 bits per heavy atom. The molecule has 0 N–H and O–H groups in total. The molecule has 3 rings (SSSR count). The third-order valence-corrected chi connectivity index (χ3v) is 3.58. The van der Waals surface area contributed by atoms with Crippen molar-refractivity contribution in [3.8, 4) is 5.75 Å². The van der Waals surface area contributed by atoms with Gasteiger partial charge in [-0.05, 0) is 23.8 Å². The Hall–Kier alpha value is -2.76. The van der Waals surface area contributed by atoms with Crippen LogP contribution in [0.2, 0.25) is 0 Å². The molecular formula is C17H15F2N3O. The van der Waals surface area contributed by atoms with Gasteiger partial charge in [0.15, 0.2) is 11.6 Å². The van der Waals surface area contributed by atoms with Crippen LogP contribution in [0.3, 0.4) is 0 Å². The minimum Gasteiger partial charge on any atom is -0.494 e. The highest BCUT2D eigenvalue weighted by Gasteiger charge is 2.13. The second-order valence-electron chi connectivity index (χ2n) is 5.18. The predicted molar refractivity (Wildman–Crippen MR) is 84.6 cm³/mol. The SMILES string of the molecule is COc1cc2c(N(C)Cc3ccc(F)cc3)ncnc2cc1F. The first kappa shape index (κ1) is 15.1. The summed E-state index contributed by atoms with van der Waals surface area (Å²) in [6.07, 6.45) is 1.39. The largest absolute Gasteiger partial charge is 0.494 e. The number of aromatic nitrogens is 2. The van der Waals surface area contributed by atoms with Crippen molar-refractivity contribution in [3.63, 3.8) is 0 Å². The summed E-state index contributed by atoms with van der Waals surface area (Å²) in [7, 11) is 3.27. The monoisotopic (exact) mass is 315 g/mol.